The van der Waals surface area contributed by atoms with E-state index in [1.807, 2.05) is 0 Å². The number of nitrogens with zero attached hydrogens (tertiary/aromatic N) is 3. The predicted molar refractivity (Wildman–Crippen MR) is 108 cm³/mol. The molecule has 0 radical (unpaired) electrons. The molecule has 0 saturated carbocycles. The molecule has 1 aromatic carbocycles. The Morgan fingerprint density at radius 3 is 2.58 bits per heavy atom. The first kappa shape index (κ1) is 22.8. The Morgan fingerprint density at radius 2 is 1.94 bits per heavy atom. The Bertz CT molecular complexity index is 907. The van der Waals surface area contributed by atoms with E-state index in [4.69, 9.17) is 4.52 Å². The highest BCUT2D eigenvalue weighted by Crippen LogP contribution is 2.29. The Hall–Kier alpha value is -2.88. The minimum atomic E-state index is -4.56. The first-order valence-electron chi connectivity index (χ1n) is 10.1. The fraction of sp³-hybridized carbons (Fsp3) is 0.476. The number of carbonyl (C=O) groups excluding carboxylic acids is 2. The number of likely N-dealkylation sites (tertiary alicyclic amines) is 1. The molecule has 1 aliphatic rings. The van der Waals surface area contributed by atoms with E-state index < -0.39 is 23.6 Å². The second-order valence-electron chi connectivity index (χ2n) is 7.58. The summed E-state index contributed by atoms with van der Waals surface area (Å²) in [7, 11) is 0. The molecule has 1 aliphatic heterocycles. The maximum Gasteiger partial charge on any atom is 0.416 e. The Kier molecular flexibility index (Phi) is 7.32. The number of carbonyl (C=O) groups is 2. The molecule has 1 aromatic heterocycles. The lowest BCUT2D eigenvalue weighted by atomic mass is 10.1. The van der Waals surface area contributed by atoms with Gasteiger partial charge in [-0.3, -0.25) is 9.59 Å². The molecule has 31 heavy (non-hydrogen) atoms. The van der Waals surface area contributed by atoms with E-state index >= 15 is 0 Å². The van der Waals surface area contributed by atoms with Crippen molar-refractivity contribution < 1.29 is 27.3 Å². The van der Waals surface area contributed by atoms with Crippen molar-refractivity contribution in [2.24, 2.45) is 0 Å². The Labute approximate surface area is 178 Å². The molecule has 2 amide bonds. The van der Waals surface area contributed by atoms with Crippen LogP contribution in [0.25, 0.3) is 0 Å². The van der Waals surface area contributed by atoms with E-state index in [0.717, 1.165) is 44.5 Å². The van der Waals surface area contributed by atoms with Crippen molar-refractivity contribution in [3.8, 4) is 0 Å². The topological polar surface area (TPSA) is 78.7 Å². The number of hydrogen-bond donors (Lipinski definition) is 1. The van der Waals surface area contributed by atoms with Gasteiger partial charge in [-0.05, 0) is 51.1 Å². The van der Waals surface area contributed by atoms with Crippen molar-refractivity contribution in [3.63, 3.8) is 0 Å². The summed E-state index contributed by atoms with van der Waals surface area (Å²) in [5.41, 5.74) is -1.02. The molecule has 0 aliphatic carbocycles. The van der Waals surface area contributed by atoms with Gasteiger partial charge in [-0.25, -0.2) is 0 Å². The van der Waals surface area contributed by atoms with Crippen LogP contribution < -0.4 is 5.32 Å². The molecule has 10 heteroatoms. The summed E-state index contributed by atoms with van der Waals surface area (Å²) < 4.78 is 44.1. The van der Waals surface area contributed by atoms with Gasteiger partial charge in [0.1, 0.15) is 12.3 Å². The third-order valence-corrected chi connectivity index (χ3v) is 5.09. The molecule has 0 unspecified atom stereocenters. The van der Waals surface area contributed by atoms with Crippen LogP contribution in [0.5, 0.6) is 0 Å². The first-order chi connectivity index (χ1) is 14.7. The molecular weight excluding hydrogens is 413 g/mol. The van der Waals surface area contributed by atoms with Crippen molar-refractivity contribution in [1.82, 2.24) is 15.0 Å². The van der Waals surface area contributed by atoms with Crippen LogP contribution in [0.3, 0.4) is 0 Å². The standard InChI is InChI=1S/C21H25F3N4O3/c1-15-12-18(26-31-15)25-19(29)14-28(11-10-27-8-3-2-4-9-27)20(30)16-6-5-7-17(13-16)21(22,23)24/h5-7,12-13H,2-4,8-11,14H2,1H3,(H,25,26,29). The largest absolute Gasteiger partial charge is 0.416 e. The number of nitrogens with one attached hydrogen (secondary N) is 1. The molecule has 1 saturated heterocycles. The average Bonchev–Trinajstić information content (AvgIpc) is 3.15. The number of aryl methyl sites for hydroxylation is 1. The van der Waals surface area contributed by atoms with Gasteiger partial charge in [-0.2, -0.15) is 13.2 Å². The van der Waals surface area contributed by atoms with Gasteiger partial charge >= 0.3 is 6.18 Å². The van der Waals surface area contributed by atoms with Crippen molar-refractivity contribution in [2.75, 3.05) is 38.0 Å². The average molecular weight is 438 g/mol. The molecular formula is C21H25F3N4O3. The highest BCUT2D eigenvalue weighted by molar-refractivity contribution is 5.99. The molecule has 3 rings (SSSR count). The van der Waals surface area contributed by atoms with Crippen LogP contribution in [0, 0.1) is 6.92 Å². The maximum atomic E-state index is 13.1. The summed E-state index contributed by atoms with van der Waals surface area (Å²) in [4.78, 5) is 28.9. The number of hydrogen-bond acceptors (Lipinski definition) is 5. The monoisotopic (exact) mass is 438 g/mol. The van der Waals surface area contributed by atoms with Crippen molar-refractivity contribution in [1.29, 1.82) is 0 Å². The van der Waals surface area contributed by atoms with Crippen LogP contribution in [0.2, 0.25) is 0 Å². The molecule has 0 bridgehead atoms. The van der Waals surface area contributed by atoms with Gasteiger partial charge in [-0.15, -0.1) is 0 Å². The number of rotatable bonds is 7. The number of anilines is 1. The molecule has 2 heterocycles. The normalized spacial score (nSPS) is 15.0. The minimum Gasteiger partial charge on any atom is -0.360 e. The van der Waals surface area contributed by atoms with E-state index in [0.29, 0.717) is 12.3 Å². The molecule has 2 aromatic rings. The van der Waals surface area contributed by atoms with Crippen LogP contribution in [0.15, 0.2) is 34.9 Å². The van der Waals surface area contributed by atoms with E-state index in [-0.39, 0.29) is 24.5 Å². The first-order valence-corrected chi connectivity index (χ1v) is 10.1. The van der Waals surface area contributed by atoms with Crippen molar-refractivity contribution >= 4 is 17.6 Å². The number of aromatic nitrogens is 1. The fourth-order valence-electron chi connectivity index (χ4n) is 3.49. The van der Waals surface area contributed by atoms with Crippen LogP contribution in [0.1, 0.15) is 40.9 Å². The summed E-state index contributed by atoms with van der Waals surface area (Å²) in [6, 6.07) is 5.77. The third kappa shape index (κ3) is 6.55. The molecule has 0 spiro atoms. The summed E-state index contributed by atoms with van der Waals surface area (Å²) in [6.45, 7) is 3.92. The Balaban J connectivity index is 1.73. The van der Waals surface area contributed by atoms with Crippen LogP contribution >= 0.6 is 0 Å². The predicted octanol–water partition coefficient (Wildman–Crippen LogP) is 3.57. The highest BCUT2D eigenvalue weighted by Gasteiger charge is 2.31. The van der Waals surface area contributed by atoms with E-state index in [1.54, 1.807) is 6.92 Å². The van der Waals surface area contributed by atoms with Crippen molar-refractivity contribution in [2.45, 2.75) is 32.4 Å². The zero-order valence-corrected chi connectivity index (χ0v) is 17.2. The lowest BCUT2D eigenvalue weighted by molar-refractivity contribution is -0.137. The maximum absolute atomic E-state index is 13.1. The smallest absolute Gasteiger partial charge is 0.360 e. The zero-order chi connectivity index (χ0) is 22.4. The third-order valence-electron chi connectivity index (χ3n) is 5.09. The molecule has 7 nitrogen and oxygen atoms in total. The van der Waals surface area contributed by atoms with Gasteiger partial charge in [0.05, 0.1) is 5.56 Å². The summed E-state index contributed by atoms with van der Waals surface area (Å²) in [5.74, 6) is -0.413. The van der Waals surface area contributed by atoms with Crippen LogP contribution in [0.4, 0.5) is 19.0 Å². The summed E-state index contributed by atoms with van der Waals surface area (Å²) >= 11 is 0. The molecule has 168 valence electrons. The van der Waals surface area contributed by atoms with Gasteiger partial charge in [0.2, 0.25) is 5.91 Å². The second-order valence-corrected chi connectivity index (χ2v) is 7.58. The molecule has 1 fully saturated rings. The number of piperidine rings is 1. The zero-order valence-electron chi connectivity index (χ0n) is 17.2. The van der Waals surface area contributed by atoms with Crippen LogP contribution in [-0.2, 0) is 11.0 Å². The lowest BCUT2D eigenvalue weighted by Gasteiger charge is -2.30. The number of amides is 2. The van der Waals surface area contributed by atoms with Gasteiger partial charge < -0.3 is 19.6 Å². The fourth-order valence-corrected chi connectivity index (χ4v) is 3.49. The summed E-state index contributed by atoms with van der Waals surface area (Å²) in [5, 5.41) is 6.22. The van der Waals surface area contributed by atoms with E-state index in [9.17, 15) is 22.8 Å². The highest BCUT2D eigenvalue weighted by atomic mass is 19.4. The van der Waals surface area contributed by atoms with Crippen LogP contribution in [-0.4, -0.2) is 59.5 Å². The van der Waals surface area contributed by atoms with Gasteiger partial charge in [0.15, 0.2) is 5.82 Å². The lowest BCUT2D eigenvalue weighted by Crippen LogP contribution is -2.43. The minimum absolute atomic E-state index is 0.112. The Morgan fingerprint density at radius 1 is 1.19 bits per heavy atom. The van der Waals surface area contributed by atoms with Gasteiger partial charge in [-0.1, -0.05) is 17.6 Å². The quantitative estimate of drug-likeness (QED) is 0.715. The van der Waals surface area contributed by atoms with Crippen molar-refractivity contribution in [3.05, 3.63) is 47.2 Å². The van der Waals surface area contributed by atoms with E-state index in [2.05, 4.69) is 15.4 Å². The molecule has 0 atom stereocenters. The number of alkyl halides is 3. The van der Waals surface area contributed by atoms with E-state index in [1.165, 1.54) is 23.1 Å². The summed E-state index contributed by atoms with van der Waals surface area (Å²) in [6.07, 6.45) is -1.28. The number of benzene rings is 1. The SMILES string of the molecule is Cc1cc(NC(=O)CN(CCN2CCCCC2)C(=O)c2cccc(C(F)(F)F)c2)no1. The van der Waals surface area contributed by atoms with Gasteiger partial charge in [0, 0.05) is 24.7 Å². The second kappa shape index (κ2) is 9.95. The van der Waals surface area contributed by atoms with Gasteiger partial charge in [0.25, 0.3) is 5.91 Å². The number of halogens is 3. The molecule has 1 N–H and O–H groups in total.